The minimum Gasteiger partial charge on any atom is -0.480 e. The molecule has 1 aliphatic carbocycles. The van der Waals surface area contributed by atoms with Gasteiger partial charge in [0.2, 0.25) is 11.8 Å². The van der Waals surface area contributed by atoms with E-state index in [0.717, 1.165) is 35.1 Å². The van der Waals surface area contributed by atoms with E-state index in [2.05, 4.69) is 15.6 Å². The third-order valence-corrected chi connectivity index (χ3v) is 9.13. The monoisotopic (exact) mass is 646 g/mol. The summed E-state index contributed by atoms with van der Waals surface area (Å²) in [4.78, 5) is 65.0. The molecule has 0 fully saturated rings. The summed E-state index contributed by atoms with van der Waals surface area (Å²) in [5.74, 6) is -4.10. The number of nitrogens with zero attached hydrogens (tertiary/aromatic N) is 1. The number of aliphatic hydroxyl groups excluding tert-OH is 1. The fourth-order valence-corrected chi connectivity index (χ4v) is 6.92. The van der Waals surface area contributed by atoms with Gasteiger partial charge in [0.05, 0.1) is 5.25 Å². The number of carboxylic acids is 2. The van der Waals surface area contributed by atoms with E-state index >= 15 is 0 Å². The molecule has 246 valence electrons. The summed E-state index contributed by atoms with van der Waals surface area (Å²) < 4.78 is 5.95. The third-order valence-electron chi connectivity index (χ3n) is 7.75. The smallest absolute Gasteiger partial charge is 0.322 e. The number of nitrogens with one attached hydrogen (secondary N) is 2. The van der Waals surface area contributed by atoms with Crippen LogP contribution >= 0.6 is 11.8 Å². The first-order chi connectivity index (χ1) is 21.5. The fourth-order valence-electron chi connectivity index (χ4n) is 5.51. The summed E-state index contributed by atoms with van der Waals surface area (Å²) in [6.07, 6.45) is 7.54. The lowest BCUT2D eigenvalue weighted by atomic mass is 9.76. The molecule has 0 saturated carbocycles. The Morgan fingerprint density at radius 3 is 2.53 bits per heavy atom. The molecule has 7 N–H and O–H groups in total. The molecule has 1 aromatic rings. The van der Waals surface area contributed by atoms with Gasteiger partial charge in [0.25, 0.3) is 0 Å². The van der Waals surface area contributed by atoms with Crippen molar-refractivity contribution in [1.29, 1.82) is 0 Å². The second-order valence-corrected chi connectivity index (χ2v) is 12.3. The Morgan fingerprint density at radius 2 is 1.89 bits per heavy atom. The molecule has 45 heavy (non-hydrogen) atoms. The predicted molar refractivity (Wildman–Crippen MR) is 166 cm³/mol. The van der Waals surface area contributed by atoms with Crippen LogP contribution < -0.4 is 16.4 Å². The number of hydrogen-bond donors (Lipinski definition) is 6. The zero-order valence-electron chi connectivity index (χ0n) is 25.3. The first-order valence-corrected chi connectivity index (χ1v) is 16.1. The van der Waals surface area contributed by atoms with E-state index in [0.29, 0.717) is 37.9 Å². The number of aliphatic hydroxyl groups is 1. The van der Waals surface area contributed by atoms with Crippen LogP contribution in [0.3, 0.4) is 0 Å². The van der Waals surface area contributed by atoms with Gasteiger partial charge in [-0.15, -0.1) is 11.8 Å². The van der Waals surface area contributed by atoms with Crippen molar-refractivity contribution in [2.24, 2.45) is 11.7 Å². The lowest BCUT2D eigenvalue weighted by Gasteiger charge is -2.27. The molecule has 13 nitrogen and oxygen atoms in total. The van der Waals surface area contributed by atoms with Crippen molar-refractivity contribution in [1.82, 2.24) is 15.6 Å². The minimum absolute atomic E-state index is 0.00663. The van der Waals surface area contributed by atoms with Gasteiger partial charge in [-0.25, -0.2) is 0 Å². The number of carboxylic acid groups (broad SMARTS) is 2. The highest BCUT2D eigenvalue weighted by molar-refractivity contribution is 8.00. The number of carbonyl (C=O) groups excluding carboxylic acids is 3. The number of esters is 1. The molecular weight excluding hydrogens is 604 g/mol. The molecule has 0 radical (unpaired) electrons. The highest BCUT2D eigenvalue weighted by Gasteiger charge is 2.43. The van der Waals surface area contributed by atoms with Crippen LogP contribution in [0.5, 0.6) is 0 Å². The first-order valence-electron chi connectivity index (χ1n) is 15.1. The van der Waals surface area contributed by atoms with E-state index in [-0.39, 0.29) is 36.4 Å². The number of nitrogens with two attached hydrogens (primary N) is 1. The van der Waals surface area contributed by atoms with Crippen LogP contribution in [-0.2, 0) is 35.1 Å². The van der Waals surface area contributed by atoms with E-state index < -0.39 is 48.3 Å². The van der Waals surface area contributed by atoms with Crippen LogP contribution in [0.15, 0.2) is 47.0 Å². The van der Waals surface area contributed by atoms with E-state index in [1.165, 1.54) is 11.8 Å². The number of hydrogen-bond acceptors (Lipinski definition) is 10. The Bertz CT molecular complexity index is 1300. The standard InChI is InChI=1S/C31H42N4O9S/c1-2-4-24(45-17-23(29(40)34-16-26(38)39)35-25(37)9-8-22(32)30(41)42)28-21-7-6-19(15-18-10-12-33-13-11-18)20(5-3-14-36)27(21)31(43)44-28/h10-13,22-24,27,36H,2-9,14-17,32H2,1H3,(H,34,40)(H,35,37)(H,38,39)(H,41,42)/t22-,23-,24+,27+/m0/s1. The van der Waals surface area contributed by atoms with Crippen molar-refractivity contribution in [2.45, 2.75) is 82.0 Å². The van der Waals surface area contributed by atoms with Gasteiger partial charge in [-0.05, 0) is 68.2 Å². The third kappa shape index (κ3) is 10.4. The SMILES string of the molecule is CCC[C@@H](SC[C@H](NC(=O)CC[C@H](N)C(=O)O)C(=O)NCC(=O)O)C1=C2CCC(Cc3ccncc3)=C(CCCO)[C@H]2C(=O)O1. The van der Waals surface area contributed by atoms with Gasteiger partial charge in [0.1, 0.15) is 30.3 Å². The van der Waals surface area contributed by atoms with Crippen LogP contribution in [0.2, 0.25) is 0 Å². The quantitative estimate of drug-likeness (QED) is 0.0935. The van der Waals surface area contributed by atoms with Gasteiger partial charge in [-0.1, -0.05) is 24.5 Å². The van der Waals surface area contributed by atoms with Crippen molar-refractivity contribution in [3.63, 3.8) is 0 Å². The number of amides is 2. The molecule has 3 rings (SSSR count). The molecule has 0 unspecified atom stereocenters. The second-order valence-electron chi connectivity index (χ2n) is 11.1. The number of fused-ring (bicyclic) bond motifs is 1. The number of ether oxygens (including phenoxy) is 1. The molecule has 0 bridgehead atoms. The Balaban J connectivity index is 1.83. The fraction of sp³-hybridized carbons (Fsp3) is 0.548. The highest BCUT2D eigenvalue weighted by atomic mass is 32.2. The van der Waals surface area contributed by atoms with Crippen molar-refractivity contribution >= 4 is 41.5 Å². The maximum absolute atomic E-state index is 13.4. The van der Waals surface area contributed by atoms with Crippen LogP contribution in [0, 0.1) is 5.92 Å². The summed E-state index contributed by atoms with van der Waals surface area (Å²) >= 11 is 1.33. The molecular formula is C31H42N4O9S. The molecule has 0 saturated heterocycles. The van der Waals surface area contributed by atoms with E-state index in [1.807, 2.05) is 19.1 Å². The summed E-state index contributed by atoms with van der Waals surface area (Å²) in [7, 11) is 0. The molecule has 14 heteroatoms. The van der Waals surface area contributed by atoms with E-state index in [4.69, 9.17) is 20.7 Å². The average Bonchev–Trinajstić information content (AvgIpc) is 3.35. The van der Waals surface area contributed by atoms with Gasteiger partial charge in [0, 0.05) is 31.2 Å². The number of aliphatic carboxylic acids is 2. The Kier molecular flexibility index (Phi) is 14.0. The Hall–Kier alpha value is -3.75. The minimum atomic E-state index is -1.25. The number of aromatic nitrogens is 1. The van der Waals surface area contributed by atoms with Crippen LogP contribution in [-0.4, -0.2) is 86.3 Å². The van der Waals surface area contributed by atoms with Gasteiger partial charge >= 0.3 is 17.9 Å². The number of allylic oxidation sites excluding steroid dienone is 1. The normalized spacial score (nSPS) is 18.1. The topological polar surface area (TPSA) is 218 Å². The number of rotatable bonds is 19. The zero-order valence-corrected chi connectivity index (χ0v) is 26.1. The zero-order chi connectivity index (χ0) is 32.9. The van der Waals surface area contributed by atoms with Crippen LogP contribution in [0.4, 0.5) is 0 Å². The summed E-state index contributed by atoms with van der Waals surface area (Å²) in [6, 6.07) is 1.51. The molecule has 4 atom stereocenters. The largest absolute Gasteiger partial charge is 0.480 e. The van der Waals surface area contributed by atoms with Crippen molar-refractivity contribution in [3.05, 3.63) is 52.6 Å². The summed E-state index contributed by atoms with van der Waals surface area (Å²) in [6.45, 7) is 1.34. The molecule has 0 aromatic carbocycles. The van der Waals surface area contributed by atoms with E-state index in [9.17, 15) is 29.1 Å². The molecule has 1 aromatic heterocycles. The van der Waals surface area contributed by atoms with Crippen molar-refractivity contribution < 1.29 is 44.0 Å². The maximum Gasteiger partial charge on any atom is 0.322 e. The average molecular weight is 647 g/mol. The second kappa shape index (κ2) is 17.7. The lowest BCUT2D eigenvalue weighted by Crippen LogP contribution is -2.49. The van der Waals surface area contributed by atoms with Gasteiger partial charge < -0.3 is 36.4 Å². The molecule has 0 spiro atoms. The van der Waals surface area contributed by atoms with Crippen molar-refractivity contribution in [3.8, 4) is 0 Å². The van der Waals surface area contributed by atoms with Crippen LogP contribution in [0.1, 0.15) is 63.9 Å². The maximum atomic E-state index is 13.4. The number of pyridine rings is 1. The molecule has 2 heterocycles. The Labute approximate surface area is 266 Å². The number of cyclic esters (lactones) is 1. The number of thioether (sulfide) groups is 1. The first kappa shape index (κ1) is 35.7. The number of carbonyl (C=O) groups is 5. The van der Waals surface area contributed by atoms with E-state index in [1.54, 1.807) is 12.4 Å². The Morgan fingerprint density at radius 1 is 1.16 bits per heavy atom. The van der Waals surface area contributed by atoms with Gasteiger partial charge in [-0.2, -0.15) is 0 Å². The van der Waals surface area contributed by atoms with Gasteiger partial charge in [0.15, 0.2) is 0 Å². The molecule has 2 aliphatic rings. The summed E-state index contributed by atoms with van der Waals surface area (Å²) in [5.41, 5.74) is 9.60. The lowest BCUT2D eigenvalue weighted by molar-refractivity contribution is -0.140. The summed E-state index contributed by atoms with van der Waals surface area (Å²) in [5, 5.41) is 32.1. The van der Waals surface area contributed by atoms with Crippen LogP contribution in [0.25, 0.3) is 0 Å². The van der Waals surface area contributed by atoms with Crippen molar-refractivity contribution in [2.75, 3.05) is 18.9 Å². The molecule has 2 amide bonds. The van der Waals surface area contributed by atoms with Gasteiger partial charge in [-0.3, -0.25) is 29.0 Å². The predicted octanol–water partition coefficient (Wildman–Crippen LogP) is 1.69. The highest BCUT2D eigenvalue weighted by Crippen LogP contribution is 2.47. The molecule has 1 aliphatic heterocycles.